The molecule has 174 valence electrons. The number of carbonyl (C=O) groups is 2. The summed E-state index contributed by atoms with van der Waals surface area (Å²) in [5.41, 5.74) is 3.94. The second-order valence-electron chi connectivity index (χ2n) is 8.75. The minimum Gasteiger partial charge on any atom is -0.390 e. The summed E-state index contributed by atoms with van der Waals surface area (Å²) in [5.74, 6) is -0.811. The van der Waals surface area contributed by atoms with Crippen molar-refractivity contribution in [2.75, 3.05) is 26.9 Å². The summed E-state index contributed by atoms with van der Waals surface area (Å²) in [4.78, 5) is 32.4. The van der Waals surface area contributed by atoms with Crippen molar-refractivity contribution in [1.82, 2.24) is 19.8 Å². The van der Waals surface area contributed by atoms with Gasteiger partial charge in [0.15, 0.2) is 0 Å². The Bertz CT molecular complexity index is 1460. The first-order chi connectivity index (χ1) is 16.4. The Morgan fingerprint density at radius 3 is 2.50 bits per heavy atom. The van der Waals surface area contributed by atoms with Gasteiger partial charge in [-0.25, -0.2) is 0 Å². The topological polar surface area (TPSA) is 90.4 Å². The van der Waals surface area contributed by atoms with Crippen LogP contribution in [0.5, 0.6) is 0 Å². The number of benzene rings is 2. The van der Waals surface area contributed by atoms with Crippen LogP contribution in [0.15, 0.2) is 59.8 Å². The number of aliphatic hydroxyl groups excluding tert-OH is 1. The molecule has 0 saturated carbocycles. The number of fused-ring (bicyclic) bond motifs is 2. The number of nitrogens with one attached hydrogen (secondary N) is 2. The molecule has 3 heterocycles. The number of imide groups is 1. The van der Waals surface area contributed by atoms with Crippen molar-refractivity contribution in [2.45, 2.75) is 17.5 Å². The molecule has 1 aliphatic heterocycles. The van der Waals surface area contributed by atoms with Gasteiger partial charge in [-0.2, -0.15) is 0 Å². The molecule has 1 unspecified atom stereocenters. The molecule has 8 heteroatoms. The van der Waals surface area contributed by atoms with Gasteiger partial charge in [0.2, 0.25) is 0 Å². The zero-order valence-corrected chi connectivity index (χ0v) is 20.1. The average Bonchev–Trinajstić information content (AvgIpc) is 3.46. The largest absolute Gasteiger partial charge is 0.390 e. The highest BCUT2D eigenvalue weighted by atomic mass is 32.2. The van der Waals surface area contributed by atoms with Crippen molar-refractivity contribution < 1.29 is 14.7 Å². The molecule has 0 bridgehead atoms. The zero-order chi connectivity index (χ0) is 24.0. The Morgan fingerprint density at radius 1 is 1.03 bits per heavy atom. The predicted octanol–water partition coefficient (Wildman–Crippen LogP) is 3.33. The van der Waals surface area contributed by atoms with Crippen LogP contribution in [-0.2, 0) is 16.1 Å². The number of nitrogens with zero attached hydrogens (tertiary/aromatic N) is 2. The lowest BCUT2D eigenvalue weighted by Gasteiger charge is -2.17. The fourth-order valence-corrected chi connectivity index (χ4v) is 5.42. The van der Waals surface area contributed by atoms with Gasteiger partial charge in [0.25, 0.3) is 11.8 Å². The lowest BCUT2D eigenvalue weighted by atomic mass is 9.95. The maximum atomic E-state index is 13.2. The smallest absolute Gasteiger partial charge is 0.259 e. The number of H-pyrrole nitrogens is 1. The van der Waals surface area contributed by atoms with Crippen LogP contribution in [-0.4, -0.2) is 64.4 Å². The molecule has 34 heavy (non-hydrogen) atoms. The van der Waals surface area contributed by atoms with Gasteiger partial charge >= 0.3 is 0 Å². The number of likely N-dealkylation sites (N-methyl/N-ethyl adjacent to an activating group) is 1. The van der Waals surface area contributed by atoms with E-state index in [1.807, 2.05) is 78.5 Å². The second-order valence-corrected chi connectivity index (χ2v) is 9.59. The van der Waals surface area contributed by atoms with Crippen LogP contribution < -0.4 is 5.32 Å². The van der Waals surface area contributed by atoms with Gasteiger partial charge in [-0.1, -0.05) is 24.3 Å². The Morgan fingerprint density at radius 2 is 1.76 bits per heavy atom. The van der Waals surface area contributed by atoms with Gasteiger partial charge < -0.3 is 19.6 Å². The second kappa shape index (κ2) is 8.79. The van der Waals surface area contributed by atoms with Gasteiger partial charge in [0.1, 0.15) is 0 Å². The fourth-order valence-electron chi connectivity index (χ4n) is 4.78. The Kier molecular flexibility index (Phi) is 5.81. The zero-order valence-electron chi connectivity index (χ0n) is 19.3. The molecule has 1 aliphatic rings. The van der Waals surface area contributed by atoms with E-state index in [1.165, 1.54) is 0 Å². The van der Waals surface area contributed by atoms with Gasteiger partial charge in [-0.15, -0.1) is 11.8 Å². The molecule has 0 saturated heterocycles. The number of hydrogen-bond donors (Lipinski definition) is 3. The molecular weight excluding hydrogens is 448 g/mol. The number of para-hydroxylation sites is 1. The standard InChI is InChI=1S/C26H26N4O3S/c1-29(2)12-15(31)13-30-14-18(22-20(30)9-6-10-21(22)34-3)24-23(25(32)28-26(24)33)17-11-27-19-8-5-4-7-16(17)19/h4-11,14-15,27,31H,12-13H2,1-3H3,(H,28,32,33). The Labute approximate surface area is 201 Å². The third-order valence-corrected chi connectivity index (χ3v) is 6.91. The normalized spacial score (nSPS) is 15.2. The van der Waals surface area contributed by atoms with Crippen molar-refractivity contribution >= 4 is 56.5 Å². The molecule has 1 atom stereocenters. The molecule has 4 aromatic rings. The number of amides is 2. The van der Waals surface area contributed by atoms with Crippen molar-refractivity contribution in [3.63, 3.8) is 0 Å². The minimum absolute atomic E-state index is 0.363. The Balaban J connectivity index is 1.76. The third-order valence-electron chi connectivity index (χ3n) is 6.13. The molecule has 2 amide bonds. The van der Waals surface area contributed by atoms with Crippen LogP contribution in [0.25, 0.3) is 33.0 Å². The number of thioether (sulfide) groups is 1. The van der Waals surface area contributed by atoms with E-state index in [2.05, 4.69) is 10.3 Å². The van der Waals surface area contributed by atoms with Crippen molar-refractivity contribution in [3.8, 4) is 0 Å². The summed E-state index contributed by atoms with van der Waals surface area (Å²) in [5, 5.41) is 14.9. The van der Waals surface area contributed by atoms with Crippen LogP contribution in [0.4, 0.5) is 0 Å². The lowest BCUT2D eigenvalue weighted by molar-refractivity contribution is -0.122. The maximum Gasteiger partial charge on any atom is 0.259 e. The van der Waals surface area contributed by atoms with Crippen molar-refractivity contribution in [2.24, 2.45) is 0 Å². The van der Waals surface area contributed by atoms with E-state index in [9.17, 15) is 14.7 Å². The van der Waals surface area contributed by atoms with Crippen molar-refractivity contribution in [1.29, 1.82) is 0 Å². The first kappa shape index (κ1) is 22.5. The van der Waals surface area contributed by atoms with Crippen LogP contribution in [0.3, 0.4) is 0 Å². The van der Waals surface area contributed by atoms with E-state index in [0.29, 0.717) is 35.4 Å². The van der Waals surface area contributed by atoms with Crippen LogP contribution in [0.2, 0.25) is 0 Å². The summed E-state index contributed by atoms with van der Waals surface area (Å²) < 4.78 is 1.98. The molecule has 0 fully saturated rings. The van der Waals surface area contributed by atoms with E-state index < -0.39 is 17.9 Å². The molecule has 0 aliphatic carbocycles. The molecule has 2 aromatic carbocycles. The van der Waals surface area contributed by atoms with Gasteiger partial charge in [0.05, 0.1) is 17.3 Å². The quantitative estimate of drug-likeness (QED) is 0.282. The molecule has 5 rings (SSSR count). The number of hydrogen-bond acceptors (Lipinski definition) is 5. The SMILES string of the molecule is CSc1cccc2c1c(C1=C(c3c[nH]c4ccccc34)C(=O)NC1=O)cn2CC(O)CN(C)C. The highest BCUT2D eigenvalue weighted by molar-refractivity contribution is 7.98. The van der Waals surface area contributed by atoms with E-state index >= 15 is 0 Å². The molecule has 0 radical (unpaired) electrons. The number of aromatic amines is 1. The fraction of sp³-hybridized carbons (Fsp3) is 0.231. The monoisotopic (exact) mass is 474 g/mol. The Hall–Kier alpha value is -3.33. The highest BCUT2D eigenvalue weighted by Gasteiger charge is 2.35. The van der Waals surface area contributed by atoms with E-state index in [1.54, 1.807) is 18.0 Å². The summed E-state index contributed by atoms with van der Waals surface area (Å²) in [6, 6.07) is 13.7. The van der Waals surface area contributed by atoms with Crippen LogP contribution >= 0.6 is 11.8 Å². The summed E-state index contributed by atoms with van der Waals surface area (Å²) >= 11 is 1.59. The number of aromatic nitrogens is 2. The van der Waals surface area contributed by atoms with Gasteiger partial charge in [-0.3, -0.25) is 14.9 Å². The third kappa shape index (κ3) is 3.73. The first-order valence-electron chi connectivity index (χ1n) is 11.0. The van der Waals surface area contributed by atoms with Crippen LogP contribution in [0, 0.1) is 0 Å². The number of carbonyl (C=O) groups excluding carboxylic acids is 2. The summed E-state index contributed by atoms with van der Waals surface area (Å²) in [6.07, 6.45) is 5.09. The molecule has 2 aromatic heterocycles. The molecular formula is C26H26N4O3S. The average molecular weight is 475 g/mol. The number of aliphatic hydroxyl groups is 1. The highest BCUT2D eigenvalue weighted by Crippen LogP contribution is 2.41. The van der Waals surface area contributed by atoms with Crippen molar-refractivity contribution in [3.05, 3.63) is 66.0 Å². The van der Waals surface area contributed by atoms with E-state index in [-0.39, 0.29) is 0 Å². The molecule has 7 nitrogen and oxygen atoms in total. The summed E-state index contributed by atoms with van der Waals surface area (Å²) in [6.45, 7) is 0.886. The summed E-state index contributed by atoms with van der Waals surface area (Å²) in [7, 11) is 3.84. The number of rotatable bonds is 7. The molecule has 3 N–H and O–H groups in total. The van der Waals surface area contributed by atoms with E-state index in [0.717, 1.165) is 26.7 Å². The minimum atomic E-state index is -0.586. The first-order valence-corrected chi connectivity index (χ1v) is 12.3. The maximum absolute atomic E-state index is 13.2. The van der Waals surface area contributed by atoms with E-state index in [4.69, 9.17) is 0 Å². The van der Waals surface area contributed by atoms with Gasteiger partial charge in [-0.05, 0) is 38.6 Å². The van der Waals surface area contributed by atoms with Crippen LogP contribution in [0.1, 0.15) is 11.1 Å². The molecule has 0 spiro atoms. The lowest BCUT2D eigenvalue weighted by Crippen LogP contribution is -2.29. The van der Waals surface area contributed by atoms with Gasteiger partial charge in [0, 0.05) is 63.3 Å². The predicted molar refractivity (Wildman–Crippen MR) is 137 cm³/mol.